The van der Waals surface area contributed by atoms with E-state index in [9.17, 15) is 0 Å². The lowest BCUT2D eigenvalue weighted by molar-refractivity contribution is 0.120. The van der Waals surface area contributed by atoms with Gasteiger partial charge in [0.1, 0.15) is 0 Å². The summed E-state index contributed by atoms with van der Waals surface area (Å²) in [6.45, 7) is 8.45. The molecule has 2 aliphatic carbocycles. The fourth-order valence-corrected chi connectivity index (χ4v) is 6.34. The van der Waals surface area contributed by atoms with Crippen molar-refractivity contribution in [3.8, 4) is 0 Å². The highest BCUT2D eigenvalue weighted by Gasteiger charge is 2.60. The molecule has 0 aliphatic heterocycles. The predicted octanol–water partition coefficient (Wildman–Crippen LogP) is 5.58. The summed E-state index contributed by atoms with van der Waals surface area (Å²) in [4.78, 5) is 1.41. The van der Waals surface area contributed by atoms with Crippen LogP contribution in [0.5, 0.6) is 0 Å². The highest BCUT2D eigenvalue weighted by atomic mass is 79.9. The van der Waals surface area contributed by atoms with E-state index in [4.69, 9.17) is 0 Å². The molecule has 3 rings (SSSR count). The molecule has 2 fully saturated rings. The SMILES string of the molecule is CC1(C)C2CCC1(C)C(NCc1cc(Br)c(Br)s1)C2. The molecule has 2 aliphatic rings. The van der Waals surface area contributed by atoms with Crippen LogP contribution >= 0.6 is 43.2 Å². The van der Waals surface area contributed by atoms with Crippen LogP contribution in [0.2, 0.25) is 0 Å². The third-order valence-corrected chi connectivity index (χ3v) is 9.27. The second kappa shape index (κ2) is 4.82. The van der Waals surface area contributed by atoms with E-state index >= 15 is 0 Å². The minimum absolute atomic E-state index is 0.476. The van der Waals surface area contributed by atoms with Crippen molar-refractivity contribution in [2.45, 2.75) is 52.6 Å². The van der Waals surface area contributed by atoms with Gasteiger partial charge in [-0.25, -0.2) is 0 Å². The second-order valence-corrected chi connectivity index (χ2v) is 10.2. The average molecular weight is 407 g/mol. The zero-order chi connectivity index (χ0) is 13.8. The monoisotopic (exact) mass is 405 g/mol. The lowest BCUT2D eigenvalue weighted by atomic mass is 9.69. The summed E-state index contributed by atoms with van der Waals surface area (Å²) in [6, 6.07) is 2.91. The van der Waals surface area contributed by atoms with E-state index in [-0.39, 0.29) is 0 Å². The van der Waals surface area contributed by atoms with Crippen LogP contribution in [0.3, 0.4) is 0 Å². The topological polar surface area (TPSA) is 12.0 Å². The van der Waals surface area contributed by atoms with Crippen LogP contribution in [0.1, 0.15) is 44.9 Å². The Kier molecular flexibility index (Phi) is 3.69. The normalized spacial score (nSPS) is 36.1. The standard InChI is InChI=1S/C15H21Br2NS/c1-14(2)9-4-5-15(14,3)12(6-9)18-8-10-7-11(16)13(17)19-10/h7,9,12,18H,4-6,8H2,1-3H3. The third-order valence-electron chi connectivity index (χ3n) is 6.01. The molecule has 2 bridgehead atoms. The number of fused-ring (bicyclic) bond motifs is 2. The van der Waals surface area contributed by atoms with Crippen LogP contribution < -0.4 is 5.32 Å². The summed E-state index contributed by atoms with van der Waals surface area (Å²) in [5.41, 5.74) is 0.977. The van der Waals surface area contributed by atoms with Crippen LogP contribution in [0, 0.1) is 16.7 Å². The minimum atomic E-state index is 0.476. The van der Waals surface area contributed by atoms with Gasteiger partial charge >= 0.3 is 0 Å². The van der Waals surface area contributed by atoms with Gasteiger partial charge in [0, 0.05) is 21.9 Å². The van der Waals surface area contributed by atoms with Gasteiger partial charge in [0.15, 0.2) is 0 Å². The van der Waals surface area contributed by atoms with Crippen molar-refractivity contribution in [3.63, 3.8) is 0 Å². The zero-order valence-electron chi connectivity index (χ0n) is 11.7. The molecule has 106 valence electrons. The van der Waals surface area contributed by atoms with Gasteiger partial charge in [0.05, 0.1) is 3.79 Å². The minimum Gasteiger partial charge on any atom is -0.309 e. The fraction of sp³-hybridized carbons (Fsp3) is 0.733. The Morgan fingerprint density at radius 1 is 1.37 bits per heavy atom. The quantitative estimate of drug-likeness (QED) is 0.690. The van der Waals surface area contributed by atoms with Crippen molar-refractivity contribution < 1.29 is 0 Å². The molecule has 0 aromatic carbocycles. The first-order chi connectivity index (χ1) is 8.84. The molecule has 0 spiro atoms. The van der Waals surface area contributed by atoms with Gasteiger partial charge < -0.3 is 5.32 Å². The molecule has 19 heavy (non-hydrogen) atoms. The van der Waals surface area contributed by atoms with Gasteiger partial charge in [-0.1, -0.05) is 20.8 Å². The Morgan fingerprint density at radius 3 is 2.58 bits per heavy atom. The molecule has 1 aromatic rings. The van der Waals surface area contributed by atoms with Crippen molar-refractivity contribution in [3.05, 3.63) is 19.2 Å². The first kappa shape index (κ1) is 14.6. The summed E-state index contributed by atoms with van der Waals surface area (Å²) >= 11 is 8.97. The van der Waals surface area contributed by atoms with Crippen LogP contribution in [-0.2, 0) is 6.54 Å². The largest absolute Gasteiger partial charge is 0.309 e. The molecule has 3 unspecified atom stereocenters. The zero-order valence-corrected chi connectivity index (χ0v) is 15.7. The molecule has 3 atom stereocenters. The van der Waals surface area contributed by atoms with Crippen molar-refractivity contribution in [1.29, 1.82) is 0 Å². The Labute approximate surface area is 136 Å². The molecule has 0 radical (unpaired) electrons. The number of halogens is 2. The molecule has 4 heteroatoms. The van der Waals surface area contributed by atoms with Crippen LogP contribution in [0.15, 0.2) is 14.3 Å². The average Bonchev–Trinajstić information content (AvgIpc) is 2.84. The molecule has 2 saturated carbocycles. The van der Waals surface area contributed by atoms with Gasteiger partial charge in [-0.15, -0.1) is 11.3 Å². The molecule has 0 amide bonds. The van der Waals surface area contributed by atoms with E-state index in [0.29, 0.717) is 16.9 Å². The first-order valence-corrected chi connectivity index (χ1v) is 9.42. The summed E-state index contributed by atoms with van der Waals surface area (Å²) in [5, 5.41) is 3.83. The first-order valence-electron chi connectivity index (χ1n) is 7.01. The van der Waals surface area contributed by atoms with Crippen molar-refractivity contribution in [1.82, 2.24) is 5.32 Å². The molecule has 0 saturated heterocycles. The smallest absolute Gasteiger partial charge is 0.0843 e. The molecule has 1 heterocycles. The van der Waals surface area contributed by atoms with Gasteiger partial charge in [-0.3, -0.25) is 0 Å². The van der Waals surface area contributed by atoms with E-state index < -0.39 is 0 Å². The fourth-order valence-electron chi connectivity index (χ4n) is 4.21. The van der Waals surface area contributed by atoms with Crippen molar-refractivity contribution in [2.75, 3.05) is 0 Å². The van der Waals surface area contributed by atoms with Gasteiger partial charge in [0.2, 0.25) is 0 Å². The number of rotatable bonds is 3. The highest BCUT2D eigenvalue weighted by Crippen LogP contribution is 2.65. The molecular weight excluding hydrogens is 386 g/mol. The van der Waals surface area contributed by atoms with Crippen LogP contribution in [0.25, 0.3) is 0 Å². The second-order valence-electron chi connectivity index (χ2n) is 6.88. The van der Waals surface area contributed by atoms with E-state index in [2.05, 4.69) is 64.0 Å². The number of nitrogens with one attached hydrogen (secondary N) is 1. The van der Waals surface area contributed by atoms with Crippen LogP contribution in [0.4, 0.5) is 0 Å². The molecular formula is C15H21Br2NS. The summed E-state index contributed by atoms with van der Waals surface area (Å²) < 4.78 is 2.37. The third kappa shape index (κ3) is 2.18. The maximum absolute atomic E-state index is 3.83. The Bertz CT molecular complexity index is 477. The Balaban J connectivity index is 1.69. The number of hydrogen-bond acceptors (Lipinski definition) is 2. The lowest BCUT2D eigenvalue weighted by Gasteiger charge is -2.39. The molecule has 1 N–H and O–H groups in total. The summed E-state index contributed by atoms with van der Waals surface area (Å²) in [6.07, 6.45) is 4.18. The van der Waals surface area contributed by atoms with Gasteiger partial charge in [-0.2, -0.15) is 0 Å². The van der Waals surface area contributed by atoms with Crippen molar-refractivity contribution in [2.24, 2.45) is 16.7 Å². The Hall–Kier alpha value is 0.620. The van der Waals surface area contributed by atoms with Crippen LogP contribution in [-0.4, -0.2) is 6.04 Å². The van der Waals surface area contributed by atoms with E-state index in [0.717, 1.165) is 12.5 Å². The maximum Gasteiger partial charge on any atom is 0.0843 e. The number of hydrogen-bond donors (Lipinski definition) is 1. The maximum atomic E-state index is 3.83. The lowest BCUT2D eigenvalue weighted by Crippen LogP contribution is -2.44. The predicted molar refractivity (Wildman–Crippen MR) is 89.6 cm³/mol. The van der Waals surface area contributed by atoms with E-state index in [1.807, 2.05) is 11.3 Å². The van der Waals surface area contributed by atoms with Gasteiger partial charge in [0.25, 0.3) is 0 Å². The Morgan fingerprint density at radius 2 is 2.11 bits per heavy atom. The summed E-state index contributed by atoms with van der Waals surface area (Å²) in [7, 11) is 0. The molecule has 1 aromatic heterocycles. The highest BCUT2D eigenvalue weighted by molar-refractivity contribution is 9.13. The number of thiophene rings is 1. The van der Waals surface area contributed by atoms with Crippen molar-refractivity contribution >= 4 is 43.2 Å². The van der Waals surface area contributed by atoms with E-state index in [1.54, 1.807) is 0 Å². The molecule has 1 nitrogen and oxygen atoms in total. The summed E-state index contributed by atoms with van der Waals surface area (Å²) in [5.74, 6) is 0.914. The van der Waals surface area contributed by atoms with E-state index in [1.165, 1.54) is 32.4 Å². The van der Waals surface area contributed by atoms with Gasteiger partial charge in [-0.05, 0) is 73.9 Å².